The minimum atomic E-state index is -0.555. The lowest BCUT2D eigenvalue weighted by Crippen LogP contribution is -2.43. The normalized spacial score (nSPS) is 16.9. The molecule has 1 aliphatic rings. The van der Waals surface area contributed by atoms with Crippen molar-refractivity contribution in [2.24, 2.45) is 0 Å². The summed E-state index contributed by atoms with van der Waals surface area (Å²) >= 11 is 9.79. The number of anilines is 1. The summed E-state index contributed by atoms with van der Waals surface area (Å²) in [5, 5.41) is 19.5. The molecule has 144 valence electrons. The lowest BCUT2D eigenvalue weighted by molar-refractivity contribution is 0.0249. The van der Waals surface area contributed by atoms with Crippen molar-refractivity contribution < 1.29 is 9.13 Å². The molecule has 28 heavy (non-hydrogen) atoms. The Morgan fingerprint density at radius 2 is 2.36 bits per heavy atom. The van der Waals surface area contributed by atoms with E-state index in [9.17, 15) is 9.65 Å². The number of morpholine rings is 1. The van der Waals surface area contributed by atoms with Crippen molar-refractivity contribution >= 4 is 50.5 Å². The van der Waals surface area contributed by atoms with Crippen molar-refractivity contribution in [3.63, 3.8) is 0 Å². The zero-order valence-electron chi connectivity index (χ0n) is 14.5. The second-order valence-corrected chi connectivity index (χ2v) is 8.75. The van der Waals surface area contributed by atoms with E-state index in [1.807, 2.05) is 17.0 Å². The number of thiophene rings is 1. The Bertz CT molecular complexity index is 1040. The minimum absolute atomic E-state index is 0.401. The predicted molar refractivity (Wildman–Crippen MR) is 116 cm³/mol. The highest BCUT2D eigenvalue weighted by molar-refractivity contribution is 14.1. The van der Waals surface area contributed by atoms with Crippen LogP contribution in [0.2, 0.25) is 5.02 Å². The van der Waals surface area contributed by atoms with E-state index < -0.39 is 12.8 Å². The maximum absolute atomic E-state index is 13.2. The first-order valence-corrected chi connectivity index (χ1v) is 10.7. The quantitative estimate of drug-likeness (QED) is 0.504. The molecule has 0 bridgehead atoms. The molecule has 0 unspecified atom stereocenters. The summed E-state index contributed by atoms with van der Waals surface area (Å²) in [6.45, 7) is 0.862. The zero-order valence-corrected chi connectivity index (χ0v) is 18.2. The Morgan fingerprint density at radius 1 is 1.50 bits per heavy atom. The Balaban J connectivity index is 1.91. The van der Waals surface area contributed by atoms with Gasteiger partial charge in [0.1, 0.15) is 30.2 Å². The van der Waals surface area contributed by atoms with E-state index in [1.54, 1.807) is 6.07 Å². The second-order valence-electron chi connectivity index (χ2n) is 6.15. The standard InChI is InChI=1S/C18H14ClFIN5OS/c19-10-1-2-12(14(21)5-10)15-13(7-22)18(26-3-4-27-11(6-20)8-26)28-16(15)17-23-9-24-25-17/h1-2,5,9,11H,3-4,6,8H2,(H,23,24,25)/t11-/m1/s1. The van der Waals surface area contributed by atoms with E-state index in [2.05, 4.69) is 43.8 Å². The lowest BCUT2D eigenvalue weighted by Gasteiger charge is -2.32. The van der Waals surface area contributed by atoms with Crippen molar-refractivity contribution in [3.8, 4) is 27.9 Å². The number of H-pyrrole nitrogens is 1. The summed E-state index contributed by atoms with van der Waals surface area (Å²) in [6, 6.07) is 7.91. The molecule has 2 aromatic heterocycles. The SMILES string of the molecule is N#Cc1c(N2CCO[C@H](CF)C2)sc(-c2nnc[nH]2)c1-c1ccc(Cl)cc1I. The number of hydrogen-bond donors (Lipinski definition) is 1. The maximum atomic E-state index is 13.2. The van der Waals surface area contributed by atoms with Crippen LogP contribution < -0.4 is 4.90 Å². The second kappa shape index (κ2) is 8.32. The predicted octanol–water partition coefficient (Wildman–Crippen LogP) is 4.50. The topological polar surface area (TPSA) is 77.8 Å². The Kier molecular flexibility index (Phi) is 5.82. The molecule has 1 fully saturated rings. The van der Waals surface area contributed by atoms with Gasteiger partial charge in [-0.2, -0.15) is 5.26 Å². The van der Waals surface area contributed by atoms with E-state index in [0.717, 1.165) is 24.6 Å². The van der Waals surface area contributed by atoms with Gasteiger partial charge >= 0.3 is 0 Å². The third kappa shape index (κ3) is 3.61. The van der Waals surface area contributed by atoms with Gasteiger partial charge in [0.15, 0.2) is 5.82 Å². The molecule has 3 aromatic rings. The Labute approximate surface area is 183 Å². The Morgan fingerprint density at radius 3 is 3.04 bits per heavy atom. The molecule has 6 nitrogen and oxygen atoms in total. The first-order valence-electron chi connectivity index (χ1n) is 8.43. The summed E-state index contributed by atoms with van der Waals surface area (Å²) in [6.07, 6.45) is 1.01. The van der Waals surface area contributed by atoms with Crippen LogP contribution in [-0.2, 0) is 4.74 Å². The zero-order chi connectivity index (χ0) is 19.7. The van der Waals surface area contributed by atoms with Crippen LogP contribution in [0.5, 0.6) is 0 Å². The highest BCUT2D eigenvalue weighted by Gasteiger charge is 2.29. The van der Waals surface area contributed by atoms with Crippen molar-refractivity contribution in [3.05, 3.63) is 38.7 Å². The fourth-order valence-corrected chi connectivity index (χ4v) is 5.56. The third-order valence-corrected chi connectivity index (χ3v) is 6.82. The average Bonchev–Trinajstić information content (AvgIpc) is 3.35. The molecule has 1 saturated heterocycles. The molecule has 10 heteroatoms. The summed E-state index contributed by atoms with van der Waals surface area (Å²) < 4.78 is 19.5. The van der Waals surface area contributed by atoms with Gasteiger partial charge in [0.2, 0.25) is 0 Å². The molecule has 0 spiro atoms. The van der Waals surface area contributed by atoms with Crippen LogP contribution in [0, 0.1) is 14.9 Å². The van der Waals surface area contributed by atoms with E-state index in [4.69, 9.17) is 16.3 Å². The number of aromatic amines is 1. The van der Waals surface area contributed by atoms with Crippen molar-refractivity contribution in [1.82, 2.24) is 15.2 Å². The van der Waals surface area contributed by atoms with Crippen molar-refractivity contribution in [2.45, 2.75) is 6.10 Å². The molecule has 1 aromatic carbocycles. The van der Waals surface area contributed by atoms with Gasteiger partial charge in [-0.3, -0.25) is 0 Å². The molecule has 1 aliphatic heterocycles. The molecular formula is C18H14ClFIN5OS. The van der Waals surface area contributed by atoms with Crippen molar-refractivity contribution in [2.75, 3.05) is 31.3 Å². The van der Waals surface area contributed by atoms with Gasteiger partial charge in [-0.05, 0) is 40.3 Å². The average molecular weight is 530 g/mol. The van der Waals surface area contributed by atoms with Crippen LogP contribution in [-0.4, -0.2) is 47.7 Å². The van der Waals surface area contributed by atoms with Crippen molar-refractivity contribution in [1.29, 1.82) is 5.26 Å². The van der Waals surface area contributed by atoms with Gasteiger partial charge in [0.25, 0.3) is 0 Å². The van der Waals surface area contributed by atoms with Crippen LogP contribution in [0.3, 0.4) is 0 Å². The van der Waals surface area contributed by atoms with E-state index >= 15 is 0 Å². The number of nitriles is 1. The summed E-state index contributed by atoms with van der Waals surface area (Å²) in [7, 11) is 0. The number of halogens is 3. The highest BCUT2D eigenvalue weighted by Crippen LogP contribution is 2.47. The fourth-order valence-electron chi connectivity index (χ4n) is 3.18. The molecular weight excluding hydrogens is 516 g/mol. The van der Waals surface area contributed by atoms with Gasteiger partial charge in [0.05, 0.1) is 17.0 Å². The number of benzene rings is 1. The molecule has 0 radical (unpaired) electrons. The lowest BCUT2D eigenvalue weighted by atomic mass is 10.0. The summed E-state index contributed by atoms with van der Waals surface area (Å²) in [5.41, 5.74) is 2.21. The number of nitrogens with zero attached hydrogens (tertiary/aromatic N) is 4. The number of ether oxygens (including phenoxy) is 1. The largest absolute Gasteiger partial charge is 0.372 e. The number of aromatic nitrogens is 3. The first-order chi connectivity index (χ1) is 13.6. The molecule has 0 saturated carbocycles. The minimum Gasteiger partial charge on any atom is -0.372 e. The van der Waals surface area contributed by atoms with E-state index in [1.165, 1.54) is 17.7 Å². The first kappa shape index (κ1) is 19.6. The third-order valence-electron chi connectivity index (χ3n) is 4.43. The number of nitrogens with one attached hydrogen (secondary N) is 1. The van der Waals surface area contributed by atoms with Crippen LogP contribution in [0.25, 0.3) is 21.8 Å². The molecule has 1 atom stereocenters. The summed E-state index contributed by atoms with van der Waals surface area (Å²) in [4.78, 5) is 5.86. The smallest absolute Gasteiger partial charge is 0.171 e. The van der Waals surface area contributed by atoms with Gasteiger partial charge in [0, 0.05) is 27.2 Å². The monoisotopic (exact) mass is 529 g/mol. The summed E-state index contributed by atoms with van der Waals surface area (Å²) in [5.74, 6) is 0.587. The van der Waals surface area contributed by atoms with Gasteiger partial charge in [-0.1, -0.05) is 17.7 Å². The van der Waals surface area contributed by atoms with Crippen LogP contribution in [0.4, 0.5) is 9.39 Å². The molecule has 4 rings (SSSR count). The fraction of sp³-hybridized carbons (Fsp3) is 0.278. The van der Waals surface area contributed by atoms with Gasteiger partial charge < -0.3 is 14.6 Å². The Hall–Kier alpha value is -1.74. The van der Waals surface area contributed by atoms with Gasteiger partial charge in [-0.15, -0.1) is 21.5 Å². The number of alkyl halides is 1. The molecule has 0 aliphatic carbocycles. The molecule has 3 heterocycles. The van der Waals surface area contributed by atoms with E-state index in [0.29, 0.717) is 36.1 Å². The highest BCUT2D eigenvalue weighted by atomic mass is 127. The molecule has 0 amide bonds. The van der Waals surface area contributed by atoms with E-state index in [-0.39, 0.29) is 0 Å². The van der Waals surface area contributed by atoms with Gasteiger partial charge in [-0.25, -0.2) is 4.39 Å². The van der Waals surface area contributed by atoms with Crippen LogP contribution in [0.1, 0.15) is 5.56 Å². The van der Waals surface area contributed by atoms with Crippen LogP contribution in [0.15, 0.2) is 24.5 Å². The number of rotatable bonds is 4. The maximum Gasteiger partial charge on any atom is 0.171 e. The van der Waals surface area contributed by atoms with Crippen LogP contribution >= 0.6 is 45.5 Å². The molecule has 1 N–H and O–H groups in total. The number of hydrogen-bond acceptors (Lipinski definition) is 6.